The van der Waals surface area contributed by atoms with Crippen LogP contribution in [0.15, 0.2) is 0 Å². The highest BCUT2D eigenvalue weighted by molar-refractivity contribution is 8.01. The van der Waals surface area contributed by atoms with Gasteiger partial charge in [0.05, 0.1) is 25.2 Å². The average molecular weight is 316 g/mol. The zero-order valence-electron chi connectivity index (χ0n) is 12.0. The number of aliphatic hydroxyl groups is 1. The van der Waals surface area contributed by atoms with Gasteiger partial charge in [-0.25, -0.2) is 0 Å². The van der Waals surface area contributed by atoms with Crippen LogP contribution in [0.25, 0.3) is 0 Å². The van der Waals surface area contributed by atoms with Crippen LogP contribution in [0.1, 0.15) is 13.8 Å². The summed E-state index contributed by atoms with van der Waals surface area (Å²) in [6.07, 6.45) is -1.05. The van der Waals surface area contributed by atoms with Crippen LogP contribution in [-0.4, -0.2) is 69.6 Å². The number of rotatable bonds is 4. The Hall–Kier alpha value is -1.32. The minimum atomic E-state index is -1.10. The summed E-state index contributed by atoms with van der Waals surface area (Å²) in [5.41, 5.74) is 5.14. The van der Waals surface area contributed by atoms with Crippen molar-refractivity contribution in [3.05, 3.63) is 0 Å². The van der Waals surface area contributed by atoms with E-state index in [2.05, 4.69) is 10.6 Å². The van der Waals surface area contributed by atoms with Crippen LogP contribution >= 0.6 is 11.8 Å². The Morgan fingerprint density at radius 3 is 2.57 bits per heavy atom. The van der Waals surface area contributed by atoms with Crippen LogP contribution < -0.4 is 16.4 Å². The zero-order chi connectivity index (χ0) is 15.8. The fraction of sp³-hybridized carbons (Fsp3) is 0.750. The number of amides is 3. The molecule has 0 saturated carbocycles. The van der Waals surface area contributed by atoms with Crippen LogP contribution in [-0.2, 0) is 14.4 Å². The van der Waals surface area contributed by atoms with E-state index in [9.17, 15) is 19.5 Å². The van der Waals surface area contributed by atoms with Crippen molar-refractivity contribution in [2.24, 2.45) is 5.73 Å². The molecule has 9 heteroatoms. The van der Waals surface area contributed by atoms with Crippen LogP contribution in [0.3, 0.4) is 0 Å². The largest absolute Gasteiger partial charge is 0.391 e. The lowest BCUT2D eigenvalue weighted by atomic mass is 10.1. The molecule has 2 rings (SSSR count). The summed E-state index contributed by atoms with van der Waals surface area (Å²) >= 11 is 1.59. The van der Waals surface area contributed by atoms with E-state index in [1.54, 1.807) is 16.7 Å². The lowest BCUT2D eigenvalue weighted by molar-refractivity contribution is -0.135. The number of nitrogens with zero attached hydrogens (tertiary/aromatic N) is 1. The molecule has 3 atom stereocenters. The molecule has 2 aliphatic rings. The van der Waals surface area contributed by atoms with Crippen LogP contribution in [0.4, 0.5) is 0 Å². The molecule has 2 aliphatic heterocycles. The predicted octanol–water partition coefficient (Wildman–Crippen LogP) is -2.40. The smallest absolute Gasteiger partial charge is 0.242 e. The highest BCUT2D eigenvalue weighted by Gasteiger charge is 2.51. The van der Waals surface area contributed by atoms with Crippen molar-refractivity contribution in [2.75, 3.05) is 18.8 Å². The molecule has 2 saturated heterocycles. The Bertz CT molecular complexity index is 464. The molecule has 0 unspecified atom stereocenters. The molecule has 21 heavy (non-hydrogen) atoms. The van der Waals surface area contributed by atoms with E-state index in [-0.39, 0.29) is 16.7 Å². The van der Waals surface area contributed by atoms with Gasteiger partial charge in [0.25, 0.3) is 0 Å². The minimum Gasteiger partial charge on any atom is -0.391 e. The number of nitrogens with two attached hydrogens (primary N) is 1. The van der Waals surface area contributed by atoms with E-state index in [4.69, 9.17) is 5.73 Å². The van der Waals surface area contributed by atoms with Gasteiger partial charge < -0.3 is 21.1 Å². The van der Waals surface area contributed by atoms with Crippen molar-refractivity contribution >= 4 is 29.5 Å². The second-order valence-electron chi connectivity index (χ2n) is 5.51. The number of likely N-dealkylation sites (tertiary alicyclic amines) is 1. The number of hydrogen-bond acceptors (Lipinski definition) is 6. The minimum absolute atomic E-state index is 0.0128. The van der Waals surface area contributed by atoms with Crippen molar-refractivity contribution in [2.45, 2.75) is 36.9 Å². The molecule has 0 aromatic carbocycles. The number of carbonyl (C=O) groups is 3. The van der Waals surface area contributed by atoms with E-state index in [0.717, 1.165) is 0 Å². The van der Waals surface area contributed by atoms with E-state index in [1.807, 2.05) is 0 Å². The first kappa shape index (κ1) is 16.1. The molecule has 0 bridgehead atoms. The summed E-state index contributed by atoms with van der Waals surface area (Å²) in [5.74, 6) is -0.586. The summed E-state index contributed by atoms with van der Waals surface area (Å²) in [6, 6.07) is -1.57. The highest BCUT2D eigenvalue weighted by atomic mass is 32.2. The summed E-state index contributed by atoms with van der Waals surface area (Å²) in [7, 11) is 0. The van der Waals surface area contributed by atoms with E-state index >= 15 is 0 Å². The van der Waals surface area contributed by atoms with Gasteiger partial charge in [0.15, 0.2) is 0 Å². The van der Waals surface area contributed by atoms with Gasteiger partial charge in [0.1, 0.15) is 10.9 Å². The predicted molar refractivity (Wildman–Crippen MR) is 77.2 cm³/mol. The fourth-order valence-electron chi connectivity index (χ4n) is 2.44. The third-order valence-electron chi connectivity index (χ3n) is 3.70. The monoisotopic (exact) mass is 316 g/mol. The fourth-order valence-corrected chi connectivity index (χ4v) is 3.88. The Morgan fingerprint density at radius 1 is 1.48 bits per heavy atom. The molecular formula is C12H20N4O4S. The molecule has 0 aliphatic carbocycles. The topological polar surface area (TPSA) is 125 Å². The first-order valence-corrected chi connectivity index (χ1v) is 7.67. The number of primary amides is 1. The number of thioether (sulfide) groups is 1. The van der Waals surface area contributed by atoms with Crippen molar-refractivity contribution < 1.29 is 19.5 Å². The Kier molecular flexibility index (Phi) is 4.45. The third kappa shape index (κ3) is 3.30. The van der Waals surface area contributed by atoms with E-state index in [1.165, 1.54) is 13.8 Å². The molecule has 1 spiro atoms. The van der Waals surface area contributed by atoms with E-state index in [0.29, 0.717) is 18.8 Å². The van der Waals surface area contributed by atoms with Gasteiger partial charge >= 0.3 is 0 Å². The van der Waals surface area contributed by atoms with Crippen LogP contribution in [0, 0.1) is 0 Å². The van der Waals surface area contributed by atoms with Crippen LogP contribution in [0.5, 0.6) is 0 Å². The number of aliphatic hydroxyl groups excluding tert-OH is 1. The molecule has 0 aromatic rings. The van der Waals surface area contributed by atoms with Crippen molar-refractivity contribution in [1.29, 1.82) is 0 Å². The lowest BCUT2D eigenvalue weighted by Gasteiger charge is -2.47. The summed E-state index contributed by atoms with van der Waals surface area (Å²) in [6.45, 7) is 4.03. The van der Waals surface area contributed by atoms with Crippen molar-refractivity contribution in [3.8, 4) is 0 Å². The Morgan fingerprint density at radius 2 is 2.10 bits per heavy atom. The molecule has 0 radical (unpaired) electrons. The molecule has 0 aromatic heterocycles. The molecular weight excluding hydrogens is 296 g/mol. The molecule has 118 valence electrons. The maximum atomic E-state index is 12.1. The molecule has 8 nitrogen and oxygen atoms in total. The summed E-state index contributed by atoms with van der Waals surface area (Å²) in [4.78, 5) is 35.9. The van der Waals surface area contributed by atoms with Gasteiger partial charge in [-0.15, -0.1) is 11.8 Å². The molecule has 2 heterocycles. The summed E-state index contributed by atoms with van der Waals surface area (Å²) < 4.78 is 0. The van der Waals surface area contributed by atoms with Crippen molar-refractivity contribution in [3.63, 3.8) is 0 Å². The Balaban J connectivity index is 1.88. The van der Waals surface area contributed by atoms with Gasteiger partial charge in [0, 0.05) is 12.7 Å². The van der Waals surface area contributed by atoms with Gasteiger partial charge in [-0.3, -0.25) is 19.7 Å². The molecule has 2 fully saturated rings. The normalized spacial score (nSPS) is 26.0. The van der Waals surface area contributed by atoms with Gasteiger partial charge in [0.2, 0.25) is 17.7 Å². The first-order valence-electron chi connectivity index (χ1n) is 6.69. The quantitative estimate of drug-likeness (QED) is 0.458. The second kappa shape index (κ2) is 5.82. The second-order valence-corrected chi connectivity index (χ2v) is 6.91. The highest BCUT2D eigenvalue weighted by Crippen LogP contribution is 2.38. The average Bonchev–Trinajstić information content (AvgIpc) is 2.77. The maximum absolute atomic E-state index is 12.1. The lowest BCUT2D eigenvalue weighted by Crippen LogP contribution is -2.68. The Labute approximate surface area is 126 Å². The SMILES string of the molecule is CC(=O)N1CC2(C1)N[C@H](C(=O)N[C@H](C(N)=O)[C@@H](C)O)CS2. The van der Waals surface area contributed by atoms with E-state index < -0.39 is 24.1 Å². The number of nitrogens with one attached hydrogen (secondary N) is 2. The van der Waals surface area contributed by atoms with Crippen molar-refractivity contribution in [1.82, 2.24) is 15.5 Å². The van der Waals surface area contributed by atoms with Gasteiger partial charge in [-0.05, 0) is 6.92 Å². The molecule has 5 N–H and O–H groups in total. The van der Waals surface area contributed by atoms with Crippen LogP contribution in [0.2, 0.25) is 0 Å². The zero-order valence-corrected chi connectivity index (χ0v) is 12.8. The van der Waals surface area contributed by atoms with Gasteiger partial charge in [-0.2, -0.15) is 0 Å². The summed E-state index contributed by atoms with van der Waals surface area (Å²) in [5, 5.41) is 15.1. The van der Waals surface area contributed by atoms with Gasteiger partial charge in [-0.1, -0.05) is 0 Å². The maximum Gasteiger partial charge on any atom is 0.242 e. The standard InChI is InChI=1S/C12H20N4O4S/c1-6(17)9(10(13)19)14-11(20)8-3-21-12(15-8)4-16(5-12)7(2)18/h6,8-9,15,17H,3-5H2,1-2H3,(H2,13,19)(H,14,20)/t6-,8+,9+/m1/s1. The third-order valence-corrected chi connectivity index (χ3v) is 5.13. The number of carbonyl (C=O) groups excluding carboxylic acids is 3. The number of hydrogen-bond donors (Lipinski definition) is 4. The first-order chi connectivity index (χ1) is 9.74. The molecule has 3 amide bonds.